The number of alkyl halides is 2. The number of aromatic nitrogens is 4. The average molecular weight is 600 g/mol. The van der Waals surface area contributed by atoms with Crippen molar-refractivity contribution in [3.8, 4) is 5.75 Å². The van der Waals surface area contributed by atoms with E-state index in [-0.39, 0.29) is 28.7 Å². The maximum atomic E-state index is 16.0. The number of carbonyl (C=O) groups is 1. The molecule has 5 N–H and O–H groups in total. The number of nitrogens with zero attached hydrogens (tertiary/aromatic N) is 4. The molecule has 2 aromatic heterocycles. The maximum Gasteiger partial charge on any atom is 0.459 e. The molecule has 1 aliphatic rings. The van der Waals surface area contributed by atoms with E-state index in [0.29, 0.717) is 0 Å². The van der Waals surface area contributed by atoms with Crippen LogP contribution in [0.15, 0.2) is 36.7 Å². The van der Waals surface area contributed by atoms with Crippen molar-refractivity contribution in [2.75, 3.05) is 31.4 Å². The van der Waals surface area contributed by atoms with Gasteiger partial charge in [0.15, 0.2) is 23.2 Å². The van der Waals surface area contributed by atoms with Gasteiger partial charge in [0.05, 0.1) is 19.0 Å². The second-order valence-corrected chi connectivity index (χ2v) is 11.3. The third kappa shape index (κ3) is 6.41. The number of para-hydroxylation sites is 1. The number of benzene rings is 1. The lowest BCUT2D eigenvalue weighted by atomic mass is 9.97. The summed E-state index contributed by atoms with van der Waals surface area (Å²) in [6, 6.07) is 6.79. The van der Waals surface area contributed by atoms with Crippen LogP contribution in [0.2, 0.25) is 0 Å². The molecule has 3 heterocycles. The fourth-order valence-corrected chi connectivity index (χ4v) is 5.67. The molecule has 0 aliphatic carbocycles. The van der Waals surface area contributed by atoms with Gasteiger partial charge in [-0.25, -0.2) is 18.3 Å². The summed E-state index contributed by atoms with van der Waals surface area (Å²) < 4.78 is 67.0. The number of halogens is 2. The molecule has 0 bridgehead atoms. The molecular formula is C24H32F2N7O7P. The summed E-state index contributed by atoms with van der Waals surface area (Å²) >= 11 is 0. The zero-order chi connectivity index (χ0) is 29.9. The Morgan fingerprint density at radius 3 is 2.63 bits per heavy atom. The van der Waals surface area contributed by atoms with Crippen molar-refractivity contribution in [2.24, 2.45) is 0 Å². The predicted molar refractivity (Wildman–Crippen MR) is 143 cm³/mol. The smallest absolute Gasteiger partial charge is 0.459 e. The number of aliphatic hydroxyl groups is 1. The number of nitrogen functional groups attached to an aromatic ring is 1. The molecule has 0 spiro atoms. The lowest BCUT2D eigenvalue weighted by molar-refractivity contribution is -0.149. The maximum absolute atomic E-state index is 16.0. The Morgan fingerprint density at radius 1 is 1.29 bits per heavy atom. The minimum atomic E-state index is -4.38. The number of nitrogens with one attached hydrogen (secondary N) is 2. The molecule has 17 heteroatoms. The molecule has 1 saturated heterocycles. The van der Waals surface area contributed by atoms with Crippen LogP contribution in [-0.2, 0) is 23.4 Å². The van der Waals surface area contributed by atoms with Crippen LogP contribution in [0, 0.1) is 0 Å². The van der Waals surface area contributed by atoms with Gasteiger partial charge in [-0.3, -0.25) is 13.9 Å². The minimum absolute atomic E-state index is 0.0216. The number of aliphatic hydroxyl groups excluding tert-OH is 1. The van der Waals surface area contributed by atoms with E-state index in [9.17, 15) is 18.9 Å². The van der Waals surface area contributed by atoms with Crippen LogP contribution < -0.4 is 20.7 Å². The van der Waals surface area contributed by atoms with Crippen molar-refractivity contribution in [2.45, 2.75) is 57.0 Å². The van der Waals surface area contributed by atoms with Crippen molar-refractivity contribution in [3.63, 3.8) is 0 Å². The fraction of sp³-hybridized carbons (Fsp3) is 0.500. The Bertz CT molecular complexity index is 1420. The minimum Gasteiger partial charge on any atom is -0.462 e. The summed E-state index contributed by atoms with van der Waals surface area (Å²) in [5.41, 5.74) is 3.01. The first-order valence-corrected chi connectivity index (χ1v) is 14.2. The molecule has 0 saturated carbocycles. The highest BCUT2D eigenvalue weighted by Crippen LogP contribution is 2.48. The molecule has 1 aromatic carbocycles. The van der Waals surface area contributed by atoms with Gasteiger partial charge in [0.25, 0.3) is 0 Å². The van der Waals surface area contributed by atoms with Crippen LogP contribution in [0.4, 0.5) is 20.5 Å². The monoisotopic (exact) mass is 599 g/mol. The van der Waals surface area contributed by atoms with Crippen LogP contribution in [0.3, 0.4) is 0 Å². The zero-order valence-electron chi connectivity index (χ0n) is 22.7. The van der Waals surface area contributed by atoms with Crippen molar-refractivity contribution in [1.82, 2.24) is 24.6 Å². The molecule has 1 fully saturated rings. The molecule has 224 valence electrons. The normalized spacial score (nSPS) is 24.7. The molecular weight excluding hydrogens is 567 g/mol. The average Bonchev–Trinajstić information content (AvgIpc) is 3.45. The van der Waals surface area contributed by atoms with Gasteiger partial charge in [-0.1, -0.05) is 18.2 Å². The number of carbonyl (C=O) groups excluding carboxylic acids is 1. The second kappa shape index (κ2) is 12.2. The van der Waals surface area contributed by atoms with Gasteiger partial charge in [0.1, 0.15) is 30.7 Å². The summed E-state index contributed by atoms with van der Waals surface area (Å²) in [5.74, 6) is -0.525. The number of esters is 1. The number of anilines is 2. The molecule has 3 aromatic rings. The summed E-state index contributed by atoms with van der Waals surface area (Å²) in [5, 5.41) is 16.1. The van der Waals surface area contributed by atoms with Crippen molar-refractivity contribution in [3.05, 3.63) is 36.7 Å². The number of hydrogen-bond donors (Lipinski definition) is 4. The highest BCUT2D eigenvalue weighted by Gasteiger charge is 2.59. The molecule has 2 unspecified atom stereocenters. The van der Waals surface area contributed by atoms with Crippen LogP contribution in [0.25, 0.3) is 11.2 Å². The zero-order valence-corrected chi connectivity index (χ0v) is 23.6. The van der Waals surface area contributed by atoms with E-state index in [1.54, 1.807) is 39.1 Å². The molecule has 41 heavy (non-hydrogen) atoms. The van der Waals surface area contributed by atoms with E-state index in [4.69, 9.17) is 24.3 Å². The molecule has 14 nitrogen and oxygen atoms in total. The van der Waals surface area contributed by atoms with E-state index in [0.717, 1.165) is 10.9 Å². The van der Waals surface area contributed by atoms with Crippen molar-refractivity contribution >= 4 is 36.6 Å². The van der Waals surface area contributed by atoms with Crippen LogP contribution in [0.1, 0.15) is 27.0 Å². The van der Waals surface area contributed by atoms with Gasteiger partial charge in [-0.2, -0.15) is 15.1 Å². The van der Waals surface area contributed by atoms with E-state index in [1.807, 2.05) is 0 Å². The Morgan fingerprint density at radius 2 is 2.00 bits per heavy atom. The third-order valence-corrected chi connectivity index (χ3v) is 7.77. The summed E-state index contributed by atoms with van der Waals surface area (Å²) in [6.45, 7) is 2.31. The Hall–Kier alpha value is -3.43. The SMILES string of the molecule is CNc1nc(N)nc2c1ncn2[C@@H]1O[C@H](COP(=O)(NC(C)C(=O)OC(C)C)Oc2ccccc2)[C@@H](O)[C@]1(F)CF. The molecule has 4 rings (SSSR count). The first-order valence-electron chi connectivity index (χ1n) is 12.6. The Balaban J connectivity index is 1.59. The van der Waals surface area contributed by atoms with Gasteiger partial charge in [0.2, 0.25) is 11.6 Å². The summed E-state index contributed by atoms with van der Waals surface area (Å²) in [4.78, 5) is 24.6. The lowest BCUT2D eigenvalue weighted by Crippen LogP contribution is -2.45. The van der Waals surface area contributed by atoms with Gasteiger partial charge in [-0.15, -0.1) is 0 Å². The quantitative estimate of drug-likeness (QED) is 0.176. The number of ether oxygens (including phenoxy) is 2. The van der Waals surface area contributed by atoms with E-state index in [1.165, 1.54) is 19.1 Å². The van der Waals surface area contributed by atoms with Gasteiger partial charge < -0.3 is 30.2 Å². The summed E-state index contributed by atoms with van der Waals surface area (Å²) in [6.07, 6.45) is -4.66. The van der Waals surface area contributed by atoms with Crippen LogP contribution >= 0.6 is 7.75 Å². The molecule has 1 aliphatic heterocycles. The number of hydrogen-bond acceptors (Lipinski definition) is 12. The Kier molecular flexibility index (Phi) is 9.09. The third-order valence-electron chi connectivity index (χ3n) is 6.13. The highest BCUT2D eigenvalue weighted by molar-refractivity contribution is 7.52. The number of imidazole rings is 1. The van der Waals surface area contributed by atoms with Gasteiger partial charge in [0, 0.05) is 7.05 Å². The van der Waals surface area contributed by atoms with Gasteiger partial charge >= 0.3 is 13.7 Å². The van der Waals surface area contributed by atoms with Crippen LogP contribution in [-0.4, -0.2) is 80.9 Å². The second-order valence-electron chi connectivity index (χ2n) is 9.57. The largest absolute Gasteiger partial charge is 0.462 e. The number of fused-ring (bicyclic) bond motifs is 1. The van der Waals surface area contributed by atoms with Gasteiger partial charge in [-0.05, 0) is 32.9 Å². The molecule has 0 radical (unpaired) electrons. The molecule has 0 amide bonds. The topological polar surface area (TPSA) is 185 Å². The predicted octanol–water partition coefficient (Wildman–Crippen LogP) is 2.52. The summed E-state index contributed by atoms with van der Waals surface area (Å²) in [7, 11) is -2.82. The van der Waals surface area contributed by atoms with E-state index >= 15 is 4.39 Å². The highest BCUT2D eigenvalue weighted by atomic mass is 31.2. The Labute approximate surface area is 234 Å². The lowest BCUT2D eigenvalue weighted by Gasteiger charge is -2.26. The molecule has 6 atom stereocenters. The van der Waals surface area contributed by atoms with Crippen molar-refractivity contribution in [1.29, 1.82) is 0 Å². The van der Waals surface area contributed by atoms with Crippen molar-refractivity contribution < 1.29 is 41.8 Å². The van der Waals surface area contributed by atoms with E-state index < -0.39 is 63.2 Å². The fourth-order valence-electron chi connectivity index (χ4n) is 4.17. The van der Waals surface area contributed by atoms with Crippen LogP contribution in [0.5, 0.6) is 5.75 Å². The number of nitrogens with two attached hydrogens (primary N) is 1. The standard InChI is InChI=1S/C24H32F2N7O7P/c1-13(2)38-21(35)14(3)32-41(36,40-15-8-6-5-7-9-15)37-10-16-18(34)24(26,11-25)22(39-16)33-12-29-17-19(28-4)30-23(27)31-20(17)33/h5-9,12-14,16,18,22,34H,10-11H2,1-4H3,(H,32,36)(H3,27,28,30,31)/t14?,16-,18-,22-,24-,41?/m1/s1. The number of rotatable bonds is 12. The van der Waals surface area contributed by atoms with E-state index in [2.05, 4.69) is 25.4 Å². The first kappa shape index (κ1) is 30.5. The first-order chi connectivity index (χ1) is 19.4.